The van der Waals surface area contributed by atoms with E-state index in [1.165, 1.54) is 83.2 Å². The number of benzene rings is 18. The zero-order valence-electron chi connectivity index (χ0n) is 78.4. The van der Waals surface area contributed by atoms with Crippen LogP contribution >= 0.6 is 11.8 Å². The summed E-state index contributed by atoms with van der Waals surface area (Å²) in [6.07, 6.45) is 15.0. The molecule has 0 N–H and O–H groups in total. The van der Waals surface area contributed by atoms with Crippen LogP contribution in [0.25, 0.3) is 123 Å². The zero-order valence-corrected chi connectivity index (χ0v) is 82.2. The summed E-state index contributed by atoms with van der Waals surface area (Å²) in [4.78, 5) is 35.3. The first-order valence-electron chi connectivity index (χ1n) is 48.5. The molecule has 18 aromatic carbocycles. The Morgan fingerprint density at radius 3 is 0.812 bits per heavy atom. The van der Waals surface area contributed by atoms with E-state index in [9.17, 15) is 0 Å². The number of rotatable bonds is 17. The Labute approximate surface area is 845 Å². The standard InChI is InChI=1S/C51H35N3OSi.C40H28N2OSi.C40H28N2SSi/c1-5-18-36(19-6-1)49-52-50(37-20-7-2-8-21-37)54-51(53-49)41-25-16-23-39(35-41)38-22-15-24-40(34-38)44-30-17-33-47-48(44)55-45-31-13-14-32-46(45)56(47,42-26-9-3-10-27-42)43-28-11-4-12-29-43;2*1-3-14-34(15-4-1)44(35-16-5-2-6-17-35)38-20-8-7-19-37(38)43-40-36(18-9-21-39(40)44)33-25-31(29-12-10-22-41-27-29)24-32(26-33)30-13-11-23-42-28-30/h1-35H;2*1-28H. The van der Waals surface area contributed by atoms with Crippen LogP contribution in [-0.4, -0.2) is 59.1 Å². The second-order valence-electron chi connectivity index (χ2n) is 36.1. The molecule has 3 aliphatic heterocycles. The van der Waals surface area contributed by atoms with Crippen LogP contribution in [0, 0.1) is 0 Å². The summed E-state index contributed by atoms with van der Waals surface area (Å²) in [6, 6.07) is 180. The van der Waals surface area contributed by atoms with E-state index < -0.39 is 24.2 Å². The summed E-state index contributed by atoms with van der Waals surface area (Å²) < 4.78 is 14.0. The molecule has 680 valence electrons. The molecule has 144 heavy (non-hydrogen) atoms. The van der Waals surface area contributed by atoms with Crippen molar-refractivity contribution < 1.29 is 9.47 Å². The van der Waals surface area contributed by atoms with Gasteiger partial charge in [-0.1, -0.05) is 424 Å². The van der Waals surface area contributed by atoms with Gasteiger partial charge in [0.05, 0.1) is 0 Å². The van der Waals surface area contributed by atoms with Gasteiger partial charge in [0.25, 0.3) is 0 Å². The van der Waals surface area contributed by atoms with Gasteiger partial charge in [0.15, 0.2) is 41.7 Å². The minimum absolute atomic E-state index is 0.628. The number of hydrogen-bond donors (Lipinski definition) is 0. The normalized spacial score (nSPS) is 12.8. The maximum atomic E-state index is 6.99. The minimum Gasteiger partial charge on any atom is -0.457 e. The maximum absolute atomic E-state index is 6.99. The van der Waals surface area contributed by atoms with Gasteiger partial charge < -0.3 is 9.47 Å². The van der Waals surface area contributed by atoms with E-state index in [-0.39, 0.29) is 0 Å². The molecular formula is C131H91N7O2SSi3. The molecule has 0 aliphatic carbocycles. The Balaban J connectivity index is 0.000000117. The fourth-order valence-electron chi connectivity index (χ4n) is 21.4. The molecule has 8 heterocycles. The van der Waals surface area contributed by atoms with E-state index in [1.807, 2.05) is 146 Å². The minimum atomic E-state index is -2.77. The summed E-state index contributed by atoms with van der Waals surface area (Å²) >= 11 is 1.91. The second-order valence-corrected chi connectivity index (χ2v) is 48.3. The molecule has 0 saturated heterocycles. The third kappa shape index (κ3) is 16.6. The highest BCUT2D eigenvalue weighted by Crippen LogP contribution is 2.46. The Morgan fingerprint density at radius 2 is 0.431 bits per heavy atom. The van der Waals surface area contributed by atoms with Gasteiger partial charge >= 0.3 is 0 Å². The molecule has 0 amide bonds. The van der Waals surface area contributed by atoms with E-state index in [1.54, 1.807) is 0 Å². The quantitative estimate of drug-likeness (QED) is 0.0818. The topological polar surface area (TPSA) is 109 Å². The lowest BCUT2D eigenvalue weighted by atomic mass is 9.94. The third-order valence-electron chi connectivity index (χ3n) is 27.8. The van der Waals surface area contributed by atoms with E-state index in [0.717, 1.165) is 118 Å². The molecule has 3 aliphatic rings. The lowest BCUT2D eigenvalue weighted by Gasteiger charge is -2.40. The number of nitrogens with zero attached hydrogens (tertiary/aromatic N) is 7. The van der Waals surface area contributed by atoms with Crippen molar-refractivity contribution in [1.82, 2.24) is 34.9 Å². The molecule has 13 heteroatoms. The Morgan fingerprint density at radius 1 is 0.174 bits per heavy atom. The van der Waals surface area contributed by atoms with Crippen LogP contribution in [0.5, 0.6) is 23.0 Å². The van der Waals surface area contributed by atoms with Crippen molar-refractivity contribution in [1.29, 1.82) is 0 Å². The molecule has 26 rings (SSSR count). The van der Waals surface area contributed by atoms with Gasteiger partial charge in [0.1, 0.15) is 23.0 Å². The molecule has 0 bridgehead atoms. The summed E-state index contributed by atoms with van der Waals surface area (Å²) in [5.74, 6) is 5.59. The van der Waals surface area contributed by atoms with Crippen molar-refractivity contribution in [3.63, 3.8) is 0 Å². The molecule has 0 atom stereocenters. The molecule has 0 saturated carbocycles. The summed E-state index contributed by atoms with van der Waals surface area (Å²) in [5, 5.41) is 16.0. The number of hydrogen-bond acceptors (Lipinski definition) is 10. The predicted molar refractivity (Wildman–Crippen MR) is 599 cm³/mol. The van der Waals surface area contributed by atoms with Gasteiger partial charge in [-0.3, -0.25) is 19.9 Å². The van der Waals surface area contributed by atoms with Crippen molar-refractivity contribution in [3.05, 3.63) is 553 Å². The fourth-order valence-corrected chi connectivity index (χ4v) is 38.4. The molecule has 0 radical (unpaired) electrons. The maximum Gasteiger partial charge on any atom is 0.188 e. The Bertz CT molecular complexity index is 7980. The molecule has 0 fully saturated rings. The van der Waals surface area contributed by atoms with E-state index in [0.29, 0.717) is 17.5 Å². The van der Waals surface area contributed by atoms with Crippen LogP contribution < -0.4 is 71.7 Å². The predicted octanol–water partition coefficient (Wildman–Crippen LogP) is 24.0. The number of ether oxygens (including phenoxy) is 2. The first-order chi connectivity index (χ1) is 71.4. The average molecular weight is 1910 g/mol. The van der Waals surface area contributed by atoms with Crippen molar-refractivity contribution in [3.8, 4) is 146 Å². The van der Waals surface area contributed by atoms with Crippen LogP contribution in [0.1, 0.15) is 0 Å². The highest BCUT2D eigenvalue weighted by molar-refractivity contribution is 8.00. The van der Waals surface area contributed by atoms with Gasteiger partial charge in [0, 0.05) is 109 Å². The molecular weight excluding hydrogens is 1820 g/mol. The largest absolute Gasteiger partial charge is 0.457 e. The highest BCUT2D eigenvalue weighted by atomic mass is 32.2. The Kier molecular flexibility index (Phi) is 24.3. The Hall–Kier alpha value is -17.8. The average Bonchev–Trinajstić information content (AvgIpc) is 0.709. The van der Waals surface area contributed by atoms with Crippen molar-refractivity contribution in [2.24, 2.45) is 0 Å². The summed E-state index contributed by atoms with van der Waals surface area (Å²) in [6.45, 7) is 0. The molecule has 0 unspecified atom stereocenters. The number of pyridine rings is 4. The SMILES string of the molecule is c1ccc(-c2nc(-c3ccccc3)nc(-c3cccc(-c4cccc(-c5cccc6c5Oc5ccccc5[Si]6(c5ccccc5)c5ccccc5)c4)c3)n2)cc1.c1ccc([Si]2(c3ccccc3)c3ccccc3Oc3c(-c4cc(-c5cccnc5)cc(-c5cccnc5)c4)cccc32)cc1.c1ccc([Si]2(c3ccccc3)c3ccccc3Sc3c(-c4cc(-c5cccnc5)cc(-c5cccnc5)c4)cccc32)cc1. The van der Waals surface area contributed by atoms with Gasteiger partial charge in [-0.15, -0.1) is 0 Å². The van der Waals surface area contributed by atoms with Gasteiger partial charge in [0.2, 0.25) is 0 Å². The van der Waals surface area contributed by atoms with Crippen LogP contribution in [0.4, 0.5) is 0 Å². The lowest BCUT2D eigenvalue weighted by Crippen LogP contribution is -2.76. The van der Waals surface area contributed by atoms with Gasteiger partial charge in [-0.2, -0.15) is 0 Å². The summed E-state index contributed by atoms with van der Waals surface area (Å²) in [7, 11) is -8.14. The van der Waals surface area contributed by atoms with Crippen molar-refractivity contribution in [2.45, 2.75) is 9.79 Å². The third-order valence-corrected chi connectivity index (χ3v) is 43.9. The molecule has 0 spiro atoms. The monoisotopic (exact) mass is 1910 g/mol. The van der Waals surface area contributed by atoms with Crippen molar-refractivity contribution in [2.75, 3.05) is 0 Å². The number of para-hydroxylation sites is 4. The van der Waals surface area contributed by atoms with Crippen LogP contribution in [0.2, 0.25) is 0 Å². The fraction of sp³-hybridized carbons (Fsp3) is 0. The number of aromatic nitrogens is 7. The van der Waals surface area contributed by atoms with E-state index in [4.69, 9.17) is 24.4 Å². The van der Waals surface area contributed by atoms with E-state index >= 15 is 0 Å². The van der Waals surface area contributed by atoms with Gasteiger partial charge in [-0.05, 0) is 209 Å². The van der Waals surface area contributed by atoms with Crippen LogP contribution in [0.3, 0.4) is 0 Å². The molecule has 9 nitrogen and oxygen atoms in total. The lowest BCUT2D eigenvalue weighted by molar-refractivity contribution is 0.488. The summed E-state index contributed by atoms with van der Waals surface area (Å²) in [5.41, 5.74) is 20.5. The molecule has 23 aromatic rings. The first kappa shape index (κ1) is 88.8. The van der Waals surface area contributed by atoms with Crippen LogP contribution in [0.15, 0.2) is 563 Å². The smallest absolute Gasteiger partial charge is 0.188 e. The van der Waals surface area contributed by atoms with Crippen molar-refractivity contribution >= 4 is 98.2 Å². The number of fused-ring (bicyclic) bond motifs is 6. The highest BCUT2D eigenvalue weighted by Gasteiger charge is 2.52. The van der Waals surface area contributed by atoms with E-state index in [2.05, 4.69) is 439 Å². The molecule has 5 aromatic heterocycles. The first-order valence-corrected chi connectivity index (χ1v) is 55.3. The van der Waals surface area contributed by atoms with Gasteiger partial charge in [-0.25, -0.2) is 15.0 Å². The zero-order chi connectivity index (χ0) is 96.0. The van der Waals surface area contributed by atoms with Crippen LogP contribution in [-0.2, 0) is 0 Å². The second kappa shape index (κ2) is 39.5.